The molecule has 2 rings (SSSR count). The van der Waals surface area contributed by atoms with Crippen molar-refractivity contribution in [2.24, 2.45) is 41.4 Å². The molecule has 0 radical (unpaired) electrons. The lowest BCUT2D eigenvalue weighted by molar-refractivity contribution is -0.161. The van der Waals surface area contributed by atoms with Crippen LogP contribution in [-0.2, 0) is 14.3 Å². The Labute approximate surface area is 190 Å². The molecule has 0 aliphatic heterocycles. The third kappa shape index (κ3) is 7.79. The number of hydrogen-bond acceptors (Lipinski definition) is 3. The summed E-state index contributed by atoms with van der Waals surface area (Å²) in [6.07, 6.45) is 14.8. The molecule has 6 unspecified atom stereocenters. The lowest BCUT2D eigenvalue weighted by atomic mass is 9.63. The molecule has 2 saturated carbocycles. The van der Waals surface area contributed by atoms with Crippen molar-refractivity contribution in [2.45, 2.75) is 111 Å². The standard InChI is InChI=1S/C27H48O4/c1-5-6-7-8-9-10-13-23-20(4)21(16-17-22(23)19(2)3)18-31-27(30)25-15-12-11-14-24(25)26(28)29/h19-25H,5-18H2,1-4H3,(H,28,29). The fourth-order valence-electron chi connectivity index (χ4n) is 6.33. The summed E-state index contributed by atoms with van der Waals surface area (Å²) in [5, 5.41) is 9.48. The molecule has 2 aliphatic rings. The average Bonchev–Trinajstić information content (AvgIpc) is 2.75. The van der Waals surface area contributed by atoms with E-state index in [4.69, 9.17) is 4.74 Å². The molecular formula is C27H48O4. The van der Waals surface area contributed by atoms with Crippen molar-refractivity contribution in [1.29, 1.82) is 0 Å². The van der Waals surface area contributed by atoms with E-state index in [1.807, 2.05) is 0 Å². The summed E-state index contributed by atoms with van der Waals surface area (Å²) in [6, 6.07) is 0. The van der Waals surface area contributed by atoms with E-state index in [0.717, 1.165) is 25.2 Å². The van der Waals surface area contributed by atoms with E-state index in [-0.39, 0.29) is 5.97 Å². The highest BCUT2D eigenvalue weighted by Crippen LogP contribution is 2.45. The maximum absolute atomic E-state index is 12.7. The van der Waals surface area contributed by atoms with E-state index in [1.165, 1.54) is 51.4 Å². The highest BCUT2D eigenvalue weighted by molar-refractivity contribution is 5.81. The SMILES string of the molecule is CCCCCCCCC1C(C)C(COC(=O)C2CCCCC2C(=O)O)CCC1C(C)C. The van der Waals surface area contributed by atoms with Crippen LogP contribution in [0.3, 0.4) is 0 Å². The van der Waals surface area contributed by atoms with E-state index >= 15 is 0 Å². The van der Waals surface area contributed by atoms with Crippen LogP contribution in [0.1, 0.15) is 111 Å². The summed E-state index contributed by atoms with van der Waals surface area (Å²) in [6.45, 7) is 9.83. The Morgan fingerprint density at radius 2 is 1.58 bits per heavy atom. The Kier molecular flexibility index (Phi) is 11.4. The van der Waals surface area contributed by atoms with Gasteiger partial charge in [-0.1, -0.05) is 79.1 Å². The van der Waals surface area contributed by atoms with Gasteiger partial charge in [-0.05, 0) is 61.7 Å². The molecule has 0 bridgehead atoms. The van der Waals surface area contributed by atoms with Crippen LogP contribution in [-0.4, -0.2) is 23.7 Å². The number of carbonyl (C=O) groups excluding carboxylic acids is 1. The number of ether oxygens (including phenoxy) is 1. The molecule has 0 saturated heterocycles. The zero-order valence-corrected chi connectivity index (χ0v) is 20.6. The molecule has 0 spiro atoms. The van der Waals surface area contributed by atoms with Crippen LogP contribution in [0.15, 0.2) is 0 Å². The van der Waals surface area contributed by atoms with Crippen molar-refractivity contribution in [3.05, 3.63) is 0 Å². The van der Waals surface area contributed by atoms with Gasteiger partial charge in [-0.2, -0.15) is 0 Å². The van der Waals surface area contributed by atoms with Crippen LogP contribution < -0.4 is 0 Å². The minimum atomic E-state index is -0.841. The fraction of sp³-hybridized carbons (Fsp3) is 0.926. The van der Waals surface area contributed by atoms with Gasteiger partial charge in [-0.15, -0.1) is 0 Å². The quantitative estimate of drug-likeness (QED) is 0.262. The number of rotatable bonds is 12. The lowest BCUT2D eigenvalue weighted by Gasteiger charge is -2.43. The Hall–Kier alpha value is -1.06. The van der Waals surface area contributed by atoms with Crippen LogP contribution >= 0.6 is 0 Å². The highest BCUT2D eigenvalue weighted by atomic mass is 16.5. The summed E-state index contributed by atoms with van der Waals surface area (Å²) in [5.41, 5.74) is 0. The van der Waals surface area contributed by atoms with Crippen molar-refractivity contribution in [3.8, 4) is 0 Å². The molecule has 0 aromatic heterocycles. The lowest BCUT2D eigenvalue weighted by Crippen LogP contribution is -2.39. The minimum absolute atomic E-state index is 0.266. The fourth-order valence-corrected chi connectivity index (χ4v) is 6.33. The number of carbonyl (C=O) groups is 2. The van der Waals surface area contributed by atoms with Gasteiger partial charge in [0.2, 0.25) is 0 Å². The van der Waals surface area contributed by atoms with Gasteiger partial charge >= 0.3 is 11.9 Å². The summed E-state index contributed by atoms with van der Waals surface area (Å²) in [4.78, 5) is 24.3. The predicted octanol–water partition coefficient (Wildman–Crippen LogP) is 7.11. The minimum Gasteiger partial charge on any atom is -0.481 e. The van der Waals surface area contributed by atoms with E-state index < -0.39 is 17.8 Å². The zero-order valence-electron chi connectivity index (χ0n) is 20.6. The van der Waals surface area contributed by atoms with Gasteiger partial charge < -0.3 is 9.84 Å². The van der Waals surface area contributed by atoms with Crippen molar-refractivity contribution < 1.29 is 19.4 Å². The van der Waals surface area contributed by atoms with Gasteiger partial charge in [-0.3, -0.25) is 9.59 Å². The van der Waals surface area contributed by atoms with Crippen LogP contribution in [0.5, 0.6) is 0 Å². The number of esters is 1. The van der Waals surface area contributed by atoms with Gasteiger partial charge in [0.05, 0.1) is 18.4 Å². The first-order valence-electron chi connectivity index (χ1n) is 13.3. The van der Waals surface area contributed by atoms with Gasteiger partial charge in [-0.25, -0.2) is 0 Å². The first-order valence-corrected chi connectivity index (χ1v) is 13.3. The Balaban J connectivity index is 1.87. The van der Waals surface area contributed by atoms with Crippen LogP contribution in [0.4, 0.5) is 0 Å². The van der Waals surface area contributed by atoms with Gasteiger partial charge in [0.25, 0.3) is 0 Å². The summed E-state index contributed by atoms with van der Waals surface area (Å²) >= 11 is 0. The summed E-state index contributed by atoms with van der Waals surface area (Å²) in [7, 11) is 0. The molecule has 6 atom stereocenters. The second-order valence-electron chi connectivity index (χ2n) is 10.8. The Bertz CT molecular complexity index is 543. The molecule has 31 heavy (non-hydrogen) atoms. The zero-order chi connectivity index (χ0) is 22.8. The monoisotopic (exact) mass is 436 g/mol. The van der Waals surface area contributed by atoms with Crippen LogP contribution in [0.2, 0.25) is 0 Å². The smallest absolute Gasteiger partial charge is 0.309 e. The largest absolute Gasteiger partial charge is 0.481 e. The molecule has 2 fully saturated rings. The molecule has 0 aromatic rings. The normalized spacial score (nSPS) is 31.5. The summed E-state index contributed by atoms with van der Waals surface area (Å²) in [5.74, 6) is 1.04. The molecular weight excluding hydrogens is 388 g/mol. The third-order valence-corrected chi connectivity index (χ3v) is 8.41. The molecule has 0 aromatic carbocycles. The Morgan fingerprint density at radius 3 is 2.23 bits per heavy atom. The molecule has 0 amide bonds. The molecule has 0 heterocycles. The Morgan fingerprint density at radius 1 is 0.935 bits per heavy atom. The van der Waals surface area contributed by atoms with E-state index in [2.05, 4.69) is 27.7 Å². The average molecular weight is 437 g/mol. The van der Waals surface area contributed by atoms with Crippen molar-refractivity contribution in [1.82, 2.24) is 0 Å². The maximum atomic E-state index is 12.7. The third-order valence-electron chi connectivity index (χ3n) is 8.41. The van der Waals surface area contributed by atoms with Crippen LogP contribution in [0.25, 0.3) is 0 Å². The van der Waals surface area contributed by atoms with Crippen molar-refractivity contribution in [3.63, 3.8) is 0 Å². The maximum Gasteiger partial charge on any atom is 0.309 e. The number of unbranched alkanes of at least 4 members (excludes halogenated alkanes) is 5. The highest BCUT2D eigenvalue weighted by Gasteiger charge is 2.40. The number of carboxylic acid groups (broad SMARTS) is 1. The molecule has 1 N–H and O–H groups in total. The number of aliphatic carboxylic acids is 1. The van der Waals surface area contributed by atoms with Gasteiger partial charge in [0.1, 0.15) is 0 Å². The number of hydrogen-bond donors (Lipinski definition) is 1. The second-order valence-corrected chi connectivity index (χ2v) is 10.8. The molecule has 180 valence electrons. The van der Waals surface area contributed by atoms with Gasteiger partial charge in [0, 0.05) is 0 Å². The molecule has 4 heteroatoms. The molecule has 2 aliphatic carbocycles. The number of carboxylic acids is 1. The van der Waals surface area contributed by atoms with Crippen molar-refractivity contribution >= 4 is 11.9 Å². The molecule has 4 nitrogen and oxygen atoms in total. The topological polar surface area (TPSA) is 63.6 Å². The van der Waals surface area contributed by atoms with E-state index in [1.54, 1.807) is 0 Å². The summed E-state index contributed by atoms with van der Waals surface area (Å²) < 4.78 is 5.78. The predicted molar refractivity (Wildman–Crippen MR) is 126 cm³/mol. The van der Waals surface area contributed by atoms with E-state index in [0.29, 0.717) is 43.1 Å². The second kappa shape index (κ2) is 13.5. The van der Waals surface area contributed by atoms with Gasteiger partial charge in [0.15, 0.2) is 0 Å². The van der Waals surface area contributed by atoms with Crippen LogP contribution in [0, 0.1) is 41.4 Å². The first kappa shape index (κ1) is 26.2. The first-order chi connectivity index (χ1) is 14.9. The van der Waals surface area contributed by atoms with Crippen molar-refractivity contribution in [2.75, 3.05) is 6.61 Å². The van der Waals surface area contributed by atoms with E-state index in [9.17, 15) is 14.7 Å².